The van der Waals surface area contributed by atoms with E-state index in [0.29, 0.717) is 17.7 Å². The minimum atomic E-state index is -0.421. The van der Waals surface area contributed by atoms with Crippen molar-refractivity contribution in [3.63, 3.8) is 0 Å². The molecule has 0 aliphatic rings. The summed E-state index contributed by atoms with van der Waals surface area (Å²) in [6, 6.07) is 18.0. The second kappa shape index (κ2) is 8.48. The lowest BCUT2D eigenvalue weighted by Crippen LogP contribution is -2.25. The molecule has 2 rings (SSSR count). The third-order valence-corrected chi connectivity index (χ3v) is 3.02. The van der Waals surface area contributed by atoms with Crippen LogP contribution < -0.4 is 5.43 Å². The van der Waals surface area contributed by atoms with Crippen molar-refractivity contribution < 1.29 is 14.3 Å². The van der Waals surface area contributed by atoms with Gasteiger partial charge in [0.2, 0.25) is 5.78 Å². The summed E-state index contributed by atoms with van der Waals surface area (Å²) in [6.07, 6.45) is 0. The lowest BCUT2D eigenvalue weighted by Gasteiger charge is -2.07. The van der Waals surface area contributed by atoms with Gasteiger partial charge < -0.3 is 4.74 Å². The highest BCUT2D eigenvalue weighted by atomic mass is 16.5. The van der Waals surface area contributed by atoms with Gasteiger partial charge in [-0.25, -0.2) is 0 Å². The number of rotatable bonds is 7. The van der Waals surface area contributed by atoms with Crippen LogP contribution in [-0.2, 0) is 9.53 Å². The van der Waals surface area contributed by atoms with Crippen LogP contribution in [0.5, 0.6) is 0 Å². The van der Waals surface area contributed by atoms with E-state index in [4.69, 9.17) is 4.74 Å². The average Bonchev–Trinajstić information content (AvgIpc) is 2.60. The Labute approximate surface area is 135 Å². The molecule has 0 atom stereocenters. The zero-order chi connectivity index (χ0) is 16.5. The van der Waals surface area contributed by atoms with Gasteiger partial charge in [-0.1, -0.05) is 60.7 Å². The molecule has 2 aromatic rings. The fraction of sp³-hybridized carbons (Fsp3) is 0.167. The normalized spacial score (nSPS) is 10.9. The van der Waals surface area contributed by atoms with Crippen molar-refractivity contribution in [3.05, 3.63) is 71.8 Å². The van der Waals surface area contributed by atoms with Gasteiger partial charge in [0, 0.05) is 11.1 Å². The molecule has 0 heterocycles. The van der Waals surface area contributed by atoms with E-state index in [0.717, 1.165) is 0 Å². The van der Waals surface area contributed by atoms with Crippen molar-refractivity contribution >= 4 is 17.5 Å². The molecule has 23 heavy (non-hydrogen) atoms. The number of esters is 1. The van der Waals surface area contributed by atoms with Crippen LogP contribution in [0.15, 0.2) is 65.8 Å². The van der Waals surface area contributed by atoms with E-state index in [1.54, 1.807) is 43.3 Å². The fourth-order valence-corrected chi connectivity index (χ4v) is 1.96. The van der Waals surface area contributed by atoms with E-state index < -0.39 is 5.97 Å². The van der Waals surface area contributed by atoms with Crippen LogP contribution in [0.1, 0.15) is 22.8 Å². The van der Waals surface area contributed by atoms with Crippen LogP contribution in [0, 0.1) is 0 Å². The Morgan fingerprint density at radius 3 is 2.09 bits per heavy atom. The smallest absolute Gasteiger partial charge is 0.327 e. The largest absolute Gasteiger partial charge is 0.465 e. The zero-order valence-electron chi connectivity index (χ0n) is 12.9. The quantitative estimate of drug-likeness (QED) is 0.369. The second-order valence-corrected chi connectivity index (χ2v) is 4.66. The zero-order valence-corrected chi connectivity index (χ0v) is 12.9. The molecule has 0 spiro atoms. The van der Waals surface area contributed by atoms with Crippen LogP contribution in [0.3, 0.4) is 0 Å². The number of Topliss-reactive ketones (excluding diaryl/α,β-unsaturated/α-hetero) is 1. The molecular weight excluding hydrogens is 292 g/mol. The highest BCUT2D eigenvalue weighted by Crippen LogP contribution is 2.08. The maximum absolute atomic E-state index is 12.7. The lowest BCUT2D eigenvalue weighted by atomic mass is 10.0. The van der Waals surface area contributed by atoms with Crippen molar-refractivity contribution in [2.75, 3.05) is 13.2 Å². The van der Waals surface area contributed by atoms with Gasteiger partial charge in [0.05, 0.1) is 6.61 Å². The van der Waals surface area contributed by atoms with Crippen molar-refractivity contribution in [2.24, 2.45) is 5.10 Å². The predicted octanol–water partition coefficient (Wildman–Crippen LogP) is 2.43. The summed E-state index contributed by atoms with van der Waals surface area (Å²) in [5, 5.41) is 4.11. The predicted molar refractivity (Wildman–Crippen MR) is 88.4 cm³/mol. The van der Waals surface area contributed by atoms with Gasteiger partial charge in [-0.15, -0.1) is 0 Å². The van der Waals surface area contributed by atoms with Gasteiger partial charge in [0.25, 0.3) is 0 Å². The molecule has 0 saturated heterocycles. The molecule has 5 nitrogen and oxygen atoms in total. The lowest BCUT2D eigenvalue weighted by molar-refractivity contribution is -0.141. The molecule has 0 radical (unpaired) electrons. The number of nitrogens with one attached hydrogen (secondary N) is 1. The maximum Gasteiger partial charge on any atom is 0.327 e. The molecule has 1 N–H and O–H groups in total. The summed E-state index contributed by atoms with van der Waals surface area (Å²) in [6.45, 7) is 1.94. The number of carbonyl (C=O) groups is 2. The molecule has 0 fully saturated rings. The van der Waals surface area contributed by atoms with E-state index in [1.165, 1.54) is 0 Å². The van der Waals surface area contributed by atoms with Gasteiger partial charge in [-0.3, -0.25) is 15.0 Å². The van der Waals surface area contributed by atoms with Crippen LogP contribution in [-0.4, -0.2) is 30.6 Å². The minimum Gasteiger partial charge on any atom is -0.465 e. The Balaban J connectivity index is 2.22. The number of ether oxygens (including phenoxy) is 1. The number of hydrogen-bond acceptors (Lipinski definition) is 5. The van der Waals surface area contributed by atoms with Crippen molar-refractivity contribution in [1.29, 1.82) is 0 Å². The molecule has 2 aromatic carbocycles. The van der Waals surface area contributed by atoms with Crippen LogP contribution in [0.25, 0.3) is 0 Å². The first kappa shape index (κ1) is 16.4. The minimum absolute atomic E-state index is 0.0910. The molecule has 0 aliphatic heterocycles. The van der Waals surface area contributed by atoms with E-state index in [-0.39, 0.29) is 18.0 Å². The number of hydrazone groups is 1. The number of nitrogens with zero attached hydrogens (tertiary/aromatic N) is 1. The van der Waals surface area contributed by atoms with Crippen molar-refractivity contribution in [1.82, 2.24) is 5.43 Å². The molecule has 0 saturated carbocycles. The van der Waals surface area contributed by atoms with E-state index in [9.17, 15) is 9.59 Å². The first-order valence-electron chi connectivity index (χ1n) is 7.33. The Morgan fingerprint density at radius 1 is 0.957 bits per heavy atom. The monoisotopic (exact) mass is 310 g/mol. The Kier molecular flexibility index (Phi) is 6.06. The van der Waals surface area contributed by atoms with Gasteiger partial charge in [-0.05, 0) is 6.92 Å². The molecular formula is C18H18N2O3. The summed E-state index contributed by atoms with van der Waals surface area (Å²) in [5.41, 5.74) is 4.08. The van der Waals surface area contributed by atoms with E-state index >= 15 is 0 Å². The number of hydrogen-bond donors (Lipinski definition) is 1. The number of carbonyl (C=O) groups excluding carboxylic acids is 2. The standard InChI is InChI=1S/C18H18N2O3/c1-2-23-16(21)13-19-20-17(14-9-5-3-6-10-14)18(22)15-11-7-4-8-12-15/h3-12,19H,2,13H2,1H3/b20-17-. The van der Waals surface area contributed by atoms with Gasteiger partial charge in [0.1, 0.15) is 12.3 Å². The number of benzene rings is 2. The van der Waals surface area contributed by atoms with Crippen molar-refractivity contribution in [3.8, 4) is 0 Å². The summed E-state index contributed by atoms with van der Waals surface area (Å²) < 4.78 is 4.82. The summed E-state index contributed by atoms with van der Waals surface area (Å²) in [7, 11) is 0. The second-order valence-electron chi connectivity index (χ2n) is 4.66. The Bertz CT molecular complexity index is 682. The van der Waals surface area contributed by atoms with Gasteiger partial charge >= 0.3 is 5.97 Å². The Hall–Kier alpha value is -2.95. The maximum atomic E-state index is 12.7. The molecule has 0 aliphatic carbocycles. The fourth-order valence-electron chi connectivity index (χ4n) is 1.96. The van der Waals surface area contributed by atoms with E-state index in [2.05, 4.69) is 10.5 Å². The first-order chi connectivity index (χ1) is 11.2. The molecule has 0 amide bonds. The first-order valence-corrected chi connectivity index (χ1v) is 7.33. The summed E-state index contributed by atoms with van der Waals surface area (Å²) in [5.74, 6) is -0.635. The average molecular weight is 310 g/mol. The highest BCUT2D eigenvalue weighted by Gasteiger charge is 2.16. The molecule has 0 bridgehead atoms. The number of ketones is 1. The van der Waals surface area contributed by atoms with Crippen LogP contribution in [0.4, 0.5) is 0 Å². The SMILES string of the molecule is CCOC(=O)CN/N=C(\C(=O)c1ccccc1)c1ccccc1. The third-order valence-electron chi connectivity index (χ3n) is 3.02. The molecule has 5 heteroatoms. The Morgan fingerprint density at radius 2 is 1.52 bits per heavy atom. The van der Waals surface area contributed by atoms with Crippen LogP contribution >= 0.6 is 0 Å². The van der Waals surface area contributed by atoms with Crippen LogP contribution in [0.2, 0.25) is 0 Å². The summed E-state index contributed by atoms with van der Waals surface area (Å²) >= 11 is 0. The third kappa shape index (κ3) is 4.78. The molecule has 0 unspecified atom stereocenters. The topological polar surface area (TPSA) is 67.8 Å². The highest BCUT2D eigenvalue weighted by molar-refractivity contribution is 6.51. The van der Waals surface area contributed by atoms with Gasteiger partial charge in [0.15, 0.2) is 0 Å². The molecule has 118 valence electrons. The van der Waals surface area contributed by atoms with Gasteiger partial charge in [-0.2, -0.15) is 5.10 Å². The van der Waals surface area contributed by atoms with E-state index in [1.807, 2.05) is 24.3 Å². The summed E-state index contributed by atoms with van der Waals surface area (Å²) in [4.78, 5) is 24.0. The van der Waals surface area contributed by atoms with Crippen molar-refractivity contribution in [2.45, 2.75) is 6.92 Å². The molecule has 0 aromatic heterocycles.